The Morgan fingerprint density at radius 1 is 1.36 bits per heavy atom. The van der Waals surface area contributed by atoms with Crippen LogP contribution in [0.15, 0.2) is 28.9 Å². The van der Waals surface area contributed by atoms with Gasteiger partial charge >= 0.3 is 0 Å². The van der Waals surface area contributed by atoms with Gasteiger partial charge in [0, 0.05) is 21.4 Å². The zero-order valence-corrected chi connectivity index (χ0v) is 11.2. The number of methoxy groups -OCH3 is 1. The highest BCUT2D eigenvalue weighted by atomic mass is 127. The van der Waals surface area contributed by atoms with Gasteiger partial charge in [-0.1, -0.05) is 15.9 Å². The molecule has 0 unspecified atom stereocenters. The van der Waals surface area contributed by atoms with E-state index in [2.05, 4.69) is 43.5 Å². The molecule has 1 aromatic carbocycles. The number of hydrogen-bond acceptors (Lipinski definition) is 2. The summed E-state index contributed by atoms with van der Waals surface area (Å²) in [7, 11) is 1.68. The lowest BCUT2D eigenvalue weighted by atomic mass is 10.1. The Hall–Kier alpha value is -0.360. The number of rotatable bonds is 1. The Morgan fingerprint density at radius 3 is 2.86 bits per heavy atom. The molecule has 72 valence electrons. The van der Waals surface area contributed by atoms with Gasteiger partial charge in [0.15, 0.2) is 0 Å². The molecule has 1 aromatic heterocycles. The van der Waals surface area contributed by atoms with Crippen molar-refractivity contribution in [2.75, 3.05) is 7.11 Å². The zero-order valence-electron chi connectivity index (χ0n) is 7.42. The summed E-state index contributed by atoms with van der Waals surface area (Å²) in [6.45, 7) is 0. The van der Waals surface area contributed by atoms with Crippen molar-refractivity contribution in [1.82, 2.24) is 4.98 Å². The molecular weight excluding hydrogens is 357 g/mol. The van der Waals surface area contributed by atoms with Crippen molar-refractivity contribution >= 4 is 49.3 Å². The first kappa shape index (κ1) is 10.2. The topological polar surface area (TPSA) is 22.1 Å². The van der Waals surface area contributed by atoms with Crippen molar-refractivity contribution in [1.29, 1.82) is 0 Å². The predicted molar refractivity (Wildman–Crippen MR) is 68.7 cm³/mol. The fourth-order valence-electron chi connectivity index (χ4n) is 1.35. The molecule has 0 aliphatic carbocycles. The Labute approximate surface area is 104 Å². The van der Waals surface area contributed by atoms with Crippen LogP contribution < -0.4 is 4.74 Å². The van der Waals surface area contributed by atoms with E-state index in [1.54, 1.807) is 13.3 Å². The number of ether oxygens (including phenoxy) is 1. The summed E-state index contributed by atoms with van der Waals surface area (Å²) in [5.41, 5.74) is 0. The molecule has 1 heterocycles. The van der Waals surface area contributed by atoms with Crippen LogP contribution >= 0.6 is 38.5 Å². The fourth-order valence-corrected chi connectivity index (χ4v) is 2.40. The molecule has 0 aliphatic rings. The maximum Gasteiger partial charge on any atom is 0.127 e. The van der Waals surface area contributed by atoms with Crippen LogP contribution in [-0.4, -0.2) is 12.1 Å². The summed E-state index contributed by atoms with van der Waals surface area (Å²) >= 11 is 5.67. The van der Waals surface area contributed by atoms with Crippen LogP contribution in [0.2, 0.25) is 0 Å². The molecular formula is C10H7BrINO. The van der Waals surface area contributed by atoms with Crippen molar-refractivity contribution in [3.63, 3.8) is 0 Å². The van der Waals surface area contributed by atoms with Gasteiger partial charge in [-0.25, -0.2) is 4.98 Å². The molecule has 14 heavy (non-hydrogen) atoms. The van der Waals surface area contributed by atoms with E-state index in [0.29, 0.717) is 0 Å². The molecule has 2 nitrogen and oxygen atoms in total. The van der Waals surface area contributed by atoms with E-state index in [1.807, 2.05) is 18.2 Å². The van der Waals surface area contributed by atoms with E-state index in [-0.39, 0.29) is 0 Å². The second-order valence-electron chi connectivity index (χ2n) is 2.80. The second-order valence-corrected chi connectivity index (χ2v) is 4.74. The third-order valence-corrected chi connectivity index (χ3v) is 3.30. The quantitative estimate of drug-likeness (QED) is 0.570. The molecule has 0 saturated heterocycles. The standard InChI is InChI=1S/C10H7BrINO/c1-14-9-5-6(11)4-8-7(9)2-3-13-10(8)12/h2-5H,1H3. The molecule has 0 saturated carbocycles. The van der Waals surface area contributed by atoms with E-state index in [4.69, 9.17) is 4.74 Å². The van der Waals surface area contributed by atoms with E-state index in [1.165, 1.54) is 0 Å². The van der Waals surface area contributed by atoms with Crippen LogP contribution in [0.25, 0.3) is 10.8 Å². The maximum atomic E-state index is 5.30. The van der Waals surface area contributed by atoms with E-state index >= 15 is 0 Å². The van der Waals surface area contributed by atoms with Crippen LogP contribution in [0.3, 0.4) is 0 Å². The fraction of sp³-hybridized carbons (Fsp3) is 0.100. The summed E-state index contributed by atoms with van der Waals surface area (Å²) in [5.74, 6) is 0.870. The average Bonchev–Trinajstić information content (AvgIpc) is 2.18. The Kier molecular flexibility index (Phi) is 2.92. The lowest BCUT2D eigenvalue weighted by Crippen LogP contribution is -1.88. The minimum atomic E-state index is 0.870. The number of hydrogen-bond donors (Lipinski definition) is 0. The normalized spacial score (nSPS) is 10.5. The summed E-state index contributed by atoms with van der Waals surface area (Å²) in [6, 6.07) is 5.97. The minimum Gasteiger partial charge on any atom is -0.496 e. The lowest BCUT2D eigenvalue weighted by molar-refractivity contribution is 0.419. The van der Waals surface area contributed by atoms with Crippen LogP contribution in [-0.2, 0) is 0 Å². The van der Waals surface area contributed by atoms with Gasteiger partial charge in [-0.15, -0.1) is 0 Å². The largest absolute Gasteiger partial charge is 0.496 e. The number of benzene rings is 1. The van der Waals surface area contributed by atoms with Crippen molar-refractivity contribution in [3.8, 4) is 5.75 Å². The molecule has 2 rings (SSSR count). The minimum absolute atomic E-state index is 0.870. The molecule has 0 N–H and O–H groups in total. The number of pyridine rings is 1. The Balaban J connectivity index is 2.87. The van der Waals surface area contributed by atoms with Gasteiger partial charge < -0.3 is 4.74 Å². The molecule has 0 aliphatic heterocycles. The highest BCUT2D eigenvalue weighted by molar-refractivity contribution is 14.1. The molecule has 2 aromatic rings. The molecule has 4 heteroatoms. The number of halogens is 2. The maximum absolute atomic E-state index is 5.30. The van der Waals surface area contributed by atoms with Gasteiger partial charge in [0.25, 0.3) is 0 Å². The van der Waals surface area contributed by atoms with Crippen LogP contribution in [0.1, 0.15) is 0 Å². The molecule has 0 amide bonds. The monoisotopic (exact) mass is 363 g/mol. The molecule has 0 spiro atoms. The Morgan fingerprint density at radius 2 is 2.14 bits per heavy atom. The van der Waals surface area contributed by atoms with Crippen LogP contribution in [0.5, 0.6) is 5.75 Å². The average molecular weight is 364 g/mol. The smallest absolute Gasteiger partial charge is 0.127 e. The van der Waals surface area contributed by atoms with Crippen LogP contribution in [0.4, 0.5) is 0 Å². The third-order valence-electron chi connectivity index (χ3n) is 1.98. The van der Waals surface area contributed by atoms with Gasteiger partial charge in [0.05, 0.1) is 7.11 Å². The van der Waals surface area contributed by atoms with E-state index < -0.39 is 0 Å². The van der Waals surface area contributed by atoms with E-state index in [0.717, 1.165) is 24.7 Å². The second kappa shape index (κ2) is 4.02. The molecule has 0 bridgehead atoms. The first-order valence-corrected chi connectivity index (χ1v) is 5.87. The van der Waals surface area contributed by atoms with Gasteiger partial charge in [-0.05, 0) is 40.8 Å². The summed E-state index contributed by atoms with van der Waals surface area (Å²) in [5, 5.41) is 2.20. The molecule has 0 fully saturated rings. The SMILES string of the molecule is COc1cc(Br)cc2c(I)nccc12. The van der Waals surface area contributed by atoms with Crippen molar-refractivity contribution in [2.45, 2.75) is 0 Å². The van der Waals surface area contributed by atoms with Gasteiger partial charge in [-0.2, -0.15) is 0 Å². The van der Waals surface area contributed by atoms with Crippen LogP contribution in [0, 0.1) is 3.70 Å². The summed E-state index contributed by atoms with van der Waals surface area (Å²) in [4.78, 5) is 4.23. The Bertz CT molecular complexity index is 487. The van der Waals surface area contributed by atoms with Gasteiger partial charge in [-0.3, -0.25) is 0 Å². The summed E-state index contributed by atoms with van der Waals surface area (Å²) < 4.78 is 7.30. The first-order chi connectivity index (χ1) is 6.72. The number of fused-ring (bicyclic) bond motifs is 1. The number of nitrogens with zero attached hydrogens (tertiary/aromatic N) is 1. The van der Waals surface area contributed by atoms with Crippen molar-refractivity contribution < 1.29 is 4.74 Å². The zero-order chi connectivity index (χ0) is 10.1. The van der Waals surface area contributed by atoms with Crippen molar-refractivity contribution in [2.24, 2.45) is 0 Å². The highest BCUT2D eigenvalue weighted by Gasteiger charge is 2.06. The highest BCUT2D eigenvalue weighted by Crippen LogP contribution is 2.31. The molecule has 0 atom stereocenters. The number of aromatic nitrogens is 1. The lowest BCUT2D eigenvalue weighted by Gasteiger charge is -2.06. The van der Waals surface area contributed by atoms with E-state index in [9.17, 15) is 0 Å². The van der Waals surface area contributed by atoms with Crippen molar-refractivity contribution in [3.05, 3.63) is 32.6 Å². The first-order valence-electron chi connectivity index (χ1n) is 4.00. The van der Waals surface area contributed by atoms with Gasteiger partial charge in [0.1, 0.15) is 9.45 Å². The molecule has 0 radical (unpaired) electrons. The third kappa shape index (κ3) is 1.72. The predicted octanol–water partition coefficient (Wildman–Crippen LogP) is 3.61. The van der Waals surface area contributed by atoms with Gasteiger partial charge in [0.2, 0.25) is 0 Å². The summed E-state index contributed by atoms with van der Waals surface area (Å²) in [6.07, 6.45) is 1.79.